The Morgan fingerprint density at radius 1 is 1.41 bits per heavy atom. The lowest BCUT2D eigenvalue weighted by atomic mass is 10.0. The highest BCUT2D eigenvalue weighted by Gasteiger charge is 2.34. The molecule has 0 aliphatic carbocycles. The number of methoxy groups -OCH3 is 1. The molecule has 1 aliphatic heterocycles. The lowest BCUT2D eigenvalue weighted by molar-refractivity contribution is -0.149. The van der Waals surface area contributed by atoms with Gasteiger partial charge in [0.25, 0.3) is 0 Å². The van der Waals surface area contributed by atoms with Gasteiger partial charge in [-0.3, -0.25) is 4.90 Å². The molecule has 1 aromatic rings. The molecule has 3 nitrogen and oxygen atoms in total. The van der Waals surface area contributed by atoms with Crippen LogP contribution in [0.5, 0.6) is 0 Å². The van der Waals surface area contributed by atoms with Gasteiger partial charge in [-0.05, 0) is 12.5 Å². The number of carbonyl (C=O) groups is 1. The van der Waals surface area contributed by atoms with Crippen LogP contribution in [0.15, 0.2) is 18.2 Å². The highest BCUT2D eigenvalue weighted by Crippen LogP contribution is 2.28. The fourth-order valence-corrected chi connectivity index (χ4v) is 1.91. The Labute approximate surface area is 98.0 Å². The summed E-state index contributed by atoms with van der Waals surface area (Å²) in [7, 11) is 1.26. The van der Waals surface area contributed by atoms with Crippen molar-refractivity contribution in [3.8, 4) is 0 Å². The zero-order chi connectivity index (χ0) is 12.4. The van der Waals surface area contributed by atoms with E-state index in [9.17, 15) is 13.6 Å². The monoisotopic (exact) mass is 241 g/mol. The van der Waals surface area contributed by atoms with Crippen LogP contribution >= 0.6 is 0 Å². The summed E-state index contributed by atoms with van der Waals surface area (Å²) in [4.78, 5) is 13.5. The first-order valence-electron chi connectivity index (χ1n) is 5.40. The molecular weight excluding hydrogens is 228 g/mol. The molecular formula is C12H13F2NO2. The third-order valence-corrected chi connectivity index (χ3v) is 2.94. The maximum Gasteiger partial charge on any atom is 0.327 e. The van der Waals surface area contributed by atoms with Crippen molar-refractivity contribution >= 4 is 5.97 Å². The van der Waals surface area contributed by atoms with Crippen molar-refractivity contribution in [2.45, 2.75) is 12.5 Å². The summed E-state index contributed by atoms with van der Waals surface area (Å²) in [6, 6.07) is 2.46. The van der Waals surface area contributed by atoms with Crippen LogP contribution in [0.4, 0.5) is 8.78 Å². The maximum atomic E-state index is 13.6. The number of ether oxygens (including phenoxy) is 1. The molecule has 0 amide bonds. The van der Waals surface area contributed by atoms with Crippen molar-refractivity contribution in [2.24, 2.45) is 0 Å². The number of carbonyl (C=O) groups excluding carboxylic acids is 1. The minimum Gasteiger partial charge on any atom is -0.468 e. The van der Waals surface area contributed by atoms with Crippen molar-refractivity contribution < 1.29 is 18.3 Å². The molecule has 92 valence electrons. The Kier molecular flexibility index (Phi) is 3.38. The standard InChI is InChI=1S/C12H13F2NO2/c1-17-12(16)11(15-5-2-6-15)9-4-3-8(13)7-10(9)14/h3-4,7,11H,2,5-6H2,1H3. The predicted molar refractivity (Wildman–Crippen MR) is 57.3 cm³/mol. The number of hydrogen-bond donors (Lipinski definition) is 0. The molecule has 1 aromatic carbocycles. The average Bonchev–Trinajstić information content (AvgIpc) is 2.23. The van der Waals surface area contributed by atoms with Gasteiger partial charge in [0.15, 0.2) is 0 Å². The SMILES string of the molecule is COC(=O)C(c1ccc(F)cc1F)N1CCC1. The minimum atomic E-state index is -0.769. The highest BCUT2D eigenvalue weighted by molar-refractivity contribution is 5.77. The van der Waals surface area contributed by atoms with Crippen LogP contribution in [0.25, 0.3) is 0 Å². The Morgan fingerprint density at radius 2 is 2.12 bits per heavy atom. The van der Waals surface area contributed by atoms with Gasteiger partial charge in [-0.25, -0.2) is 13.6 Å². The number of nitrogens with zero attached hydrogens (tertiary/aromatic N) is 1. The fraction of sp³-hybridized carbons (Fsp3) is 0.417. The van der Waals surface area contributed by atoms with Crippen molar-refractivity contribution in [1.82, 2.24) is 4.90 Å². The van der Waals surface area contributed by atoms with Gasteiger partial charge in [0.2, 0.25) is 0 Å². The van der Waals surface area contributed by atoms with Crippen LogP contribution in [0, 0.1) is 11.6 Å². The van der Waals surface area contributed by atoms with Gasteiger partial charge >= 0.3 is 5.97 Å². The van der Waals surface area contributed by atoms with E-state index in [0.717, 1.165) is 31.6 Å². The van der Waals surface area contributed by atoms with E-state index < -0.39 is 23.6 Å². The lowest BCUT2D eigenvalue weighted by Crippen LogP contribution is -2.44. The third kappa shape index (κ3) is 2.29. The Balaban J connectivity index is 2.34. The van der Waals surface area contributed by atoms with Crippen LogP contribution in [0.1, 0.15) is 18.0 Å². The molecule has 1 saturated heterocycles. The molecule has 5 heteroatoms. The van der Waals surface area contributed by atoms with E-state index >= 15 is 0 Å². The van der Waals surface area contributed by atoms with Crippen LogP contribution in [-0.2, 0) is 9.53 Å². The summed E-state index contributed by atoms with van der Waals surface area (Å²) in [5.41, 5.74) is 0.165. The number of esters is 1. The smallest absolute Gasteiger partial charge is 0.327 e. The number of likely N-dealkylation sites (tertiary alicyclic amines) is 1. The first-order chi connectivity index (χ1) is 8.13. The Morgan fingerprint density at radius 3 is 2.59 bits per heavy atom. The zero-order valence-corrected chi connectivity index (χ0v) is 9.45. The molecule has 1 aliphatic rings. The molecule has 0 aromatic heterocycles. The van der Waals surface area contributed by atoms with Crippen molar-refractivity contribution in [3.63, 3.8) is 0 Å². The number of rotatable bonds is 3. The summed E-state index contributed by atoms with van der Waals surface area (Å²) in [5, 5.41) is 0. The summed E-state index contributed by atoms with van der Waals surface area (Å²) in [5.74, 6) is -1.89. The van der Waals surface area contributed by atoms with Gasteiger partial charge in [0.1, 0.15) is 17.7 Å². The van der Waals surface area contributed by atoms with Gasteiger partial charge in [-0.2, -0.15) is 0 Å². The molecule has 1 atom stereocenters. The van der Waals surface area contributed by atoms with Crippen LogP contribution < -0.4 is 0 Å². The second-order valence-electron chi connectivity index (χ2n) is 3.98. The molecule has 1 fully saturated rings. The van der Waals surface area contributed by atoms with E-state index in [-0.39, 0.29) is 5.56 Å². The van der Waals surface area contributed by atoms with E-state index in [1.54, 1.807) is 0 Å². The van der Waals surface area contributed by atoms with Crippen molar-refractivity contribution in [2.75, 3.05) is 20.2 Å². The van der Waals surface area contributed by atoms with Crippen LogP contribution in [-0.4, -0.2) is 31.1 Å². The normalized spacial score (nSPS) is 17.4. The Hall–Kier alpha value is -1.49. The highest BCUT2D eigenvalue weighted by atomic mass is 19.1. The van der Waals surface area contributed by atoms with Gasteiger partial charge in [-0.1, -0.05) is 6.07 Å². The fourth-order valence-electron chi connectivity index (χ4n) is 1.91. The first-order valence-corrected chi connectivity index (χ1v) is 5.40. The third-order valence-electron chi connectivity index (χ3n) is 2.94. The van der Waals surface area contributed by atoms with Crippen LogP contribution in [0.3, 0.4) is 0 Å². The predicted octanol–water partition coefficient (Wildman–Crippen LogP) is 1.88. The molecule has 0 spiro atoms. The molecule has 17 heavy (non-hydrogen) atoms. The average molecular weight is 241 g/mol. The largest absolute Gasteiger partial charge is 0.468 e. The molecule has 2 rings (SSSR count). The molecule has 1 heterocycles. The van der Waals surface area contributed by atoms with Gasteiger partial charge in [0, 0.05) is 24.7 Å². The van der Waals surface area contributed by atoms with E-state index in [4.69, 9.17) is 0 Å². The van der Waals surface area contributed by atoms with E-state index in [2.05, 4.69) is 4.74 Å². The number of benzene rings is 1. The lowest BCUT2D eigenvalue weighted by Gasteiger charge is -2.36. The van der Waals surface area contributed by atoms with Crippen LogP contribution in [0.2, 0.25) is 0 Å². The topological polar surface area (TPSA) is 29.5 Å². The second-order valence-corrected chi connectivity index (χ2v) is 3.98. The maximum absolute atomic E-state index is 13.6. The first kappa shape index (κ1) is 12.0. The quantitative estimate of drug-likeness (QED) is 0.757. The molecule has 1 unspecified atom stereocenters. The van der Waals surface area contributed by atoms with Crippen molar-refractivity contribution in [1.29, 1.82) is 0 Å². The Bertz CT molecular complexity index is 433. The summed E-state index contributed by atoms with van der Waals surface area (Å²) in [6.45, 7) is 1.44. The summed E-state index contributed by atoms with van der Waals surface area (Å²) in [6.07, 6.45) is 0.969. The molecule has 0 bridgehead atoms. The number of halogens is 2. The zero-order valence-electron chi connectivity index (χ0n) is 9.45. The van der Waals surface area contributed by atoms with Gasteiger partial charge < -0.3 is 4.74 Å². The van der Waals surface area contributed by atoms with E-state index in [0.29, 0.717) is 0 Å². The van der Waals surface area contributed by atoms with Gasteiger partial charge in [0.05, 0.1) is 7.11 Å². The van der Waals surface area contributed by atoms with Gasteiger partial charge in [-0.15, -0.1) is 0 Å². The molecule has 0 N–H and O–H groups in total. The van der Waals surface area contributed by atoms with Crippen molar-refractivity contribution in [3.05, 3.63) is 35.4 Å². The molecule has 0 radical (unpaired) electrons. The minimum absolute atomic E-state index is 0.165. The molecule has 0 saturated carbocycles. The summed E-state index contributed by atoms with van der Waals surface area (Å²) >= 11 is 0. The van der Waals surface area contributed by atoms with E-state index in [1.807, 2.05) is 4.90 Å². The van der Waals surface area contributed by atoms with E-state index in [1.165, 1.54) is 13.2 Å². The summed E-state index contributed by atoms with van der Waals surface area (Å²) < 4.78 is 31.1. The number of hydrogen-bond acceptors (Lipinski definition) is 3. The second kappa shape index (κ2) is 4.79.